The highest BCUT2D eigenvalue weighted by molar-refractivity contribution is 6.31. The third-order valence-electron chi connectivity index (χ3n) is 4.68. The van der Waals surface area contributed by atoms with Gasteiger partial charge in [-0.25, -0.2) is 15.0 Å². The average Bonchev–Trinajstić information content (AvgIpc) is 2.69. The van der Waals surface area contributed by atoms with Crippen molar-refractivity contribution in [2.75, 3.05) is 36.8 Å². The Balaban J connectivity index is 1.43. The molecule has 0 saturated carbocycles. The Labute approximate surface area is 162 Å². The van der Waals surface area contributed by atoms with Gasteiger partial charge in [0.15, 0.2) is 5.69 Å². The highest BCUT2D eigenvalue weighted by Crippen LogP contribution is 2.21. The Hall–Kier alpha value is -2.95. The summed E-state index contributed by atoms with van der Waals surface area (Å²) in [5, 5.41) is 10.4. The molecule has 2 N–H and O–H groups in total. The molecule has 0 spiro atoms. The maximum atomic E-state index is 9.10. The highest BCUT2D eigenvalue weighted by Gasteiger charge is 2.20. The number of aromatic nitrogens is 3. The minimum Gasteiger partial charge on any atom is -0.383 e. The van der Waals surface area contributed by atoms with Gasteiger partial charge in [-0.05, 0) is 24.3 Å². The first-order valence-electron chi connectivity index (χ1n) is 8.69. The number of rotatable bonds is 3. The summed E-state index contributed by atoms with van der Waals surface area (Å²) >= 11 is 5.97. The summed E-state index contributed by atoms with van der Waals surface area (Å²) in [6.07, 6.45) is 0. The Morgan fingerprint density at radius 2 is 1.81 bits per heavy atom. The van der Waals surface area contributed by atoms with Crippen LogP contribution in [0.2, 0.25) is 5.02 Å². The van der Waals surface area contributed by atoms with Gasteiger partial charge >= 0.3 is 0 Å². The zero-order valence-electron chi connectivity index (χ0n) is 14.6. The topological polar surface area (TPSA) is 95.0 Å². The van der Waals surface area contributed by atoms with E-state index in [9.17, 15) is 0 Å². The van der Waals surface area contributed by atoms with Gasteiger partial charge in [0.2, 0.25) is 0 Å². The normalized spacial score (nSPS) is 15.0. The summed E-state index contributed by atoms with van der Waals surface area (Å²) < 4.78 is 0. The molecule has 0 radical (unpaired) electrons. The molecule has 0 unspecified atom stereocenters. The molecule has 136 valence electrons. The van der Waals surface area contributed by atoms with E-state index in [1.807, 2.05) is 36.4 Å². The average molecular weight is 380 g/mol. The van der Waals surface area contributed by atoms with Crippen LogP contribution in [0.4, 0.5) is 11.6 Å². The molecular weight excluding hydrogens is 362 g/mol. The smallest absolute Gasteiger partial charge is 0.161 e. The van der Waals surface area contributed by atoms with Crippen LogP contribution in [0.3, 0.4) is 0 Å². The monoisotopic (exact) mass is 379 g/mol. The number of fused-ring (bicyclic) bond motifs is 1. The van der Waals surface area contributed by atoms with Gasteiger partial charge in [0.05, 0.1) is 17.1 Å². The van der Waals surface area contributed by atoms with Crippen LogP contribution in [0.25, 0.3) is 10.9 Å². The maximum absolute atomic E-state index is 9.10. The molecule has 4 rings (SSSR count). The van der Waals surface area contributed by atoms with Gasteiger partial charge in [0.1, 0.15) is 23.5 Å². The van der Waals surface area contributed by atoms with Gasteiger partial charge in [-0.2, -0.15) is 5.26 Å². The van der Waals surface area contributed by atoms with E-state index in [2.05, 4.69) is 24.8 Å². The zero-order chi connectivity index (χ0) is 18.8. The highest BCUT2D eigenvalue weighted by atomic mass is 35.5. The molecule has 2 aromatic heterocycles. The van der Waals surface area contributed by atoms with E-state index in [1.54, 1.807) is 6.07 Å². The van der Waals surface area contributed by atoms with Gasteiger partial charge < -0.3 is 10.6 Å². The predicted octanol–water partition coefficient (Wildman–Crippen LogP) is 2.45. The molecule has 7 nitrogen and oxygen atoms in total. The summed E-state index contributed by atoms with van der Waals surface area (Å²) in [5.74, 6) is 2.03. The second-order valence-corrected chi connectivity index (χ2v) is 6.82. The standard InChI is InChI=1S/C19H18ClN7/c20-14-5-6-18(24-16(14)11-21)27-9-7-26(8-10-27)12-17-23-15-4-2-1-3-13(15)19(22)25-17/h1-6H,7-10,12H2,(H2,22,23,25). The molecule has 0 bridgehead atoms. The molecule has 1 saturated heterocycles. The molecule has 1 aromatic carbocycles. The van der Waals surface area contributed by atoms with E-state index in [-0.39, 0.29) is 5.69 Å². The lowest BCUT2D eigenvalue weighted by Crippen LogP contribution is -2.46. The first kappa shape index (κ1) is 17.5. The van der Waals surface area contributed by atoms with E-state index in [0.717, 1.165) is 48.7 Å². The number of nitrogen functional groups attached to an aromatic ring is 1. The van der Waals surface area contributed by atoms with Crippen molar-refractivity contribution in [3.63, 3.8) is 0 Å². The van der Waals surface area contributed by atoms with Crippen LogP contribution in [-0.4, -0.2) is 46.0 Å². The minimum absolute atomic E-state index is 0.261. The largest absolute Gasteiger partial charge is 0.383 e. The molecule has 0 atom stereocenters. The van der Waals surface area contributed by atoms with Crippen LogP contribution < -0.4 is 10.6 Å². The number of benzene rings is 1. The van der Waals surface area contributed by atoms with Crippen molar-refractivity contribution in [2.24, 2.45) is 0 Å². The minimum atomic E-state index is 0.261. The number of para-hydroxylation sites is 1. The van der Waals surface area contributed by atoms with Gasteiger partial charge in [-0.15, -0.1) is 0 Å². The maximum Gasteiger partial charge on any atom is 0.161 e. The molecule has 8 heteroatoms. The number of nitrogens with two attached hydrogens (primary N) is 1. The number of halogens is 1. The van der Waals surface area contributed by atoms with Crippen molar-refractivity contribution in [1.29, 1.82) is 5.26 Å². The molecule has 1 aliphatic rings. The number of nitrogens with zero attached hydrogens (tertiary/aromatic N) is 6. The third-order valence-corrected chi connectivity index (χ3v) is 4.98. The Morgan fingerprint density at radius 1 is 1.04 bits per heavy atom. The van der Waals surface area contributed by atoms with Gasteiger partial charge in [-0.1, -0.05) is 23.7 Å². The second-order valence-electron chi connectivity index (χ2n) is 6.42. The fourth-order valence-electron chi connectivity index (χ4n) is 3.24. The van der Waals surface area contributed by atoms with Crippen molar-refractivity contribution < 1.29 is 0 Å². The van der Waals surface area contributed by atoms with Crippen LogP contribution in [0.1, 0.15) is 11.5 Å². The SMILES string of the molecule is N#Cc1nc(N2CCN(Cc3nc(N)c4ccccc4n3)CC2)ccc1Cl. The van der Waals surface area contributed by atoms with Crippen LogP contribution in [0.5, 0.6) is 0 Å². The fraction of sp³-hybridized carbons (Fsp3) is 0.263. The fourth-order valence-corrected chi connectivity index (χ4v) is 3.39. The summed E-state index contributed by atoms with van der Waals surface area (Å²) in [4.78, 5) is 17.9. The Bertz CT molecular complexity index is 1020. The predicted molar refractivity (Wildman–Crippen MR) is 105 cm³/mol. The first-order valence-corrected chi connectivity index (χ1v) is 9.07. The molecule has 0 amide bonds. The number of pyridine rings is 1. The number of hydrogen-bond acceptors (Lipinski definition) is 7. The third kappa shape index (κ3) is 3.63. The summed E-state index contributed by atoms with van der Waals surface area (Å²) in [6.45, 7) is 3.97. The molecule has 0 aliphatic carbocycles. The zero-order valence-corrected chi connectivity index (χ0v) is 15.4. The molecular formula is C19H18ClN7. The first-order chi connectivity index (χ1) is 13.1. The van der Waals surface area contributed by atoms with Crippen LogP contribution >= 0.6 is 11.6 Å². The van der Waals surface area contributed by atoms with Gasteiger partial charge in [0, 0.05) is 31.6 Å². The second kappa shape index (κ2) is 7.35. The van der Waals surface area contributed by atoms with Gasteiger partial charge in [0.25, 0.3) is 0 Å². The summed E-state index contributed by atoms with van der Waals surface area (Å²) in [5.41, 5.74) is 7.21. The molecule has 27 heavy (non-hydrogen) atoms. The Kier molecular flexibility index (Phi) is 4.75. The number of nitriles is 1. The quantitative estimate of drug-likeness (QED) is 0.746. The molecule has 3 aromatic rings. The van der Waals surface area contributed by atoms with Gasteiger partial charge in [-0.3, -0.25) is 4.90 Å². The van der Waals surface area contributed by atoms with Crippen LogP contribution in [0, 0.1) is 11.3 Å². The molecule has 1 aliphatic heterocycles. The lowest BCUT2D eigenvalue weighted by atomic mass is 10.2. The van der Waals surface area contributed by atoms with Crippen molar-refractivity contribution >= 4 is 34.1 Å². The van der Waals surface area contributed by atoms with E-state index in [4.69, 9.17) is 22.6 Å². The summed E-state index contributed by atoms with van der Waals surface area (Å²) in [7, 11) is 0. The van der Waals surface area contributed by atoms with E-state index in [1.165, 1.54) is 0 Å². The van der Waals surface area contributed by atoms with Crippen LogP contribution in [-0.2, 0) is 6.54 Å². The number of anilines is 2. The van der Waals surface area contributed by atoms with Crippen molar-refractivity contribution in [3.05, 3.63) is 52.9 Å². The molecule has 3 heterocycles. The van der Waals surface area contributed by atoms with Crippen molar-refractivity contribution in [2.45, 2.75) is 6.54 Å². The number of piperazine rings is 1. The van der Waals surface area contributed by atoms with E-state index >= 15 is 0 Å². The van der Waals surface area contributed by atoms with Crippen molar-refractivity contribution in [1.82, 2.24) is 19.9 Å². The molecule has 1 fully saturated rings. The Morgan fingerprint density at radius 3 is 2.59 bits per heavy atom. The van der Waals surface area contributed by atoms with Crippen molar-refractivity contribution in [3.8, 4) is 6.07 Å². The van der Waals surface area contributed by atoms with Crippen LogP contribution in [0.15, 0.2) is 36.4 Å². The number of hydrogen-bond donors (Lipinski definition) is 1. The van der Waals surface area contributed by atoms with E-state index < -0.39 is 0 Å². The lowest BCUT2D eigenvalue weighted by Gasteiger charge is -2.35. The van der Waals surface area contributed by atoms with E-state index in [0.29, 0.717) is 17.4 Å². The lowest BCUT2D eigenvalue weighted by molar-refractivity contribution is 0.244. The summed E-state index contributed by atoms with van der Waals surface area (Å²) in [6, 6.07) is 13.4.